The number of hydrogen-bond donors (Lipinski definition) is 0. The molecule has 238 valence electrons. The molecule has 3 aromatic carbocycles. The Morgan fingerprint density at radius 2 is 1.20 bits per heavy atom. The van der Waals surface area contributed by atoms with Gasteiger partial charge in [-0.1, -0.05) is 135 Å². The minimum atomic E-state index is 0.860. The van der Waals surface area contributed by atoms with Gasteiger partial charge < -0.3 is 0 Å². The van der Waals surface area contributed by atoms with Crippen LogP contribution < -0.4 is 0 Å². The average Bonchev–Trinajstić information content (AvgIpc) is 3.05. The van der Waals surface area contributed by atoms with Crippen LogP contribution in [0.5, 0.6) is 0 Å². The second-order valence-corrected chi connectivity index (χ2v) is 12.6. The molecule has 0 aliphatic heterocycles. The van der Waals surface area contributed by atoms with Crippen LogP contribution in [0.15, 0.2) is 76.6 Å². The normalized spacial score (nSPS) is 12.0. The first-order valence-corrected chi connectivity index (χ1v) is 18.1. The Kier molecular flexibility index (Phi) is 16.8. The molecule has 0 spiro atoms. The summed E-state index contributed by atoms with van der Waals surface area (Å²) in [5.41, 5.74) is 11.8. The van der Waals surface area contributed by atoms with Gasteiger partial charge in [0.25, 0.3) is 0 Å². The molecule has 0 bridgehead atoms. The summed E-state index contributed by atoms with van der Waals surface area (Å²) in [5.74, 6) is 0. The lowest BCUT2D eigenvalue weighted by Crippen LogP contribution is -1.99. The van der Waals surface area contributed by atoms with Crippen molar-refractivity contribution in [2.75, 3.05) is 0 Å². The first kappa shape index (κ1) is 35.5. The van der Waals surface area contributed by atoms with E-state index in [-0.39, 0.29) is 0 Å². The van der Waals surface area contributed by atoms with E-state index in [4.69, 9.17) is 10.2 Å². The van der Waals surface area contributed by atoms with E-state index in [1.165, 1.54) is 116 Å². The van der Waals surface area contributed by atoms with E-state index in [1.54, 1.807) is 0 Å². The molecule has 3 rings (SSSR count). The van der Waals surface area contributed by atoms with Crippen molar-refractivity contribution in [3.63, 3.8) is 0 Å². The molecule has 44 heavy (non-hydrogen) atoms. The lowest BCUT2D eigenvalue weighted by molar-refractivity contribution is 0.663. The van der Waals surface area contributed by atoms with E-state index < -0.39 is 0 Å². The van der Waals surface area contributed by atoms with Gasteiger partial charge >= 0.3 is 0 Å². The lowest BCUT2D eigenvalue weighted by Gasteiger charge is -2.17. The fraction of sp³-hybridized carbons (Fsp3) is 0.524. The molecular weight excluding hydrogens is 532 g/mol. The predicted molar refractivity (Wildman–Crippen MR) is 194 cm³/mol. The number of allylic oxidation sites excluding steroid dienone is 1. The number of azo groups is 1. The van der Waals surface area contributed by atoms with Gasteiger partial charge in [0, 0.05) is 0 Å². The van der Waals surface area contributed by atoms with Crippen molar-refractivity contribution in [3.05, 3.63) is 94.2 Å². The Morgan fingerprint density at radius 1 is 0.591 bits per heavy atom. The third-order valence-corrected chi connectivity index (χ3v) is 8.69. The Hall–Kier alpha value is -3.00. The largest absolute Gasteiger partial charge is 0.155 e. The van der Waals surface area contributed by atoms with Crippen molar-refractivity contribution in [1.82, 2.24) is 0 Å². The van der Waals surface area contributed by atoms with Crippen molar-refractivity contribution >= 4 is 11.8 Å². The summed E-state index contributed by atoms with van der Waals surface area (Å²) in [7, 11) is 0. The van der Waals surface area contributed by atoms with E-state index in [1.807, 2.05) is 0 Å². The Labute approximate surface area is 270 Å². The highest BCUT2D eigenvalue weighted by atomic mass is 15.1. The van der Waals surface area contributed by atoms with E-state index >= 15 is 0 Å². The van der Waals surface area contributed by atoms with Gasteiger partial charge in [0.05, 0.1) is 11.4 Å². The van der Waals surface area contributed by atoms with Crippen molar-refractivity contribution < 1.29 is 0 Å². The van der Waals surface area contributed by atoms with Gasteiger partial charge in [-0.25, -0.2) is 0 Å². The molecule has 3 aromatic rings. The molecule has 0 saturated carbocycles. The van der Waals surface area contributed by atoms with Gasteiger partial charge in [0.2, 0.25) is 0 Å². The Balaban J connectivity index is 1.97. The topological polar surface area (TPSA) is 24.7 Å². The van der Waals surface area contributed by atoms with Crippen LogP contribution in [-0.4, -0.2) is 0 Å². The van der Waals surface area contributed by atoms with Gasteiger partial charge in [-0.2, -0.15) is 10.2 Å². The molecule has 0 atom stereocenters. The molecule has 2 heteroatoms. The van der Waals surface area contributed by atoms with Crippen LogP contribution in [0, 0.1) is 0 Å². The fourth-order valence-electron chi connectivity index (χ4n) is 6.08. The molecule has 0 aliphatic carbocycles. The standard InChI is InChI=1S/C42H60N2/c1-6-11-15-18-23-35-28-34(22-13-8-3)29-36(30-35)31-39(10-5)43-44-40-32-38(26-19-16-12-7-2)41(27-14-9-4)42(33-40)37-24-20-17-21-25-37/h17,20-21,24-25,28-33H,6-16,18-19,22-23,26-27H2,1-5H3. The summed E-state index contributed by atoms with van der Waals surface area (Å²) >= 11 is 0. The van der Waals surface area contributed by atoms with Crippen LogP contribution in [0.1, 0.15) is 146 Å². The summed E-state index contributed by atoms with van der Waals surface area (Å²) in [4.78, 5) is 0. The van der Waals surface area contributed by atoms with Gasteiger partial charge in [-0.3, -0.25) is 0 Å². The van der Waals surface area contributed by atoms with Crippen LogP contribution >= 0.6 is 0 Å². The summed E-state index contributed by atoms with van der Waals surface area (Å²) in [5, 5.41) is 9.79. The van der Waals surface area contributed by atoms with E-state index in [0.717, 1.165) is 43.5 Å². The van der Waals surface area contributed by atoms with Crippen molar-refractivity contribution in [1.29, 1.82) is 0 Å². The number of benzene rings is 3. The highest BCUT2D eigenvalue weighted by molar-refractivity contribution is 5.73. The molecule has 0 unspecified atom stereocenters. The van der Waals surface area contributed by atoms with E-state index in [0.29, 0.717) is 0 Å². The Morgan fingerprint density at radius 3 is 1.84 bits per heavy atom. The highest BCUT2D eigenvalue weighted by Gasteiger charge is 2.13. The monoisotopic (exact) mass is 592 g/mol. The molecule has 0 fully saturated rings. The minimum Gasteiger partial charge on any atom is -0.155 e. The maximum Gasteiger partial charge on any atom is 0.0866 e. The average molecular weight is 593 g/mol. The highest BCUT2D eigenvalue weighted by Crippen LogP contribution is 2.34. The van der Waals surface area contributed by atoms with Gasteiger partial charge in [-0.05, 0) is 115 Å². The molecule has 0 amide bonds. The van der Waals surface area contributed by atoms with Gasteiger partial charge in [-0.15, -0.1) is 0 Å². The lowest BCUT2D eigenvalue weighted by atomic mass is 9.89. The zero-order valence-corrected chi connectivity index (χ0v) is 28.8. The number of unbranched alkanes of at least 4 members (excludes halogenated alkanes) is 8. The summed E-state index contributed by atoms with van der Waals surface area (Å²) < 4.78 is 0. The predicted octanol–water partition coefficient (Wildman–Crippen LogP) is 13.8. The van der Waals surface area contributed by atoms with Crippen LogP contribution in [0.3, 0.4) is 0 Å². The summed E-state index contributed by atoms with van der Waals surface area (Å²) in [6.07, 6.45) is 22.9. The zero-order valence-electron chi connectivity index (χ0n) is 28.8. The quantitative estimate of drug-likeness (QED) is 0.0868. The molecule has 0 heterocycles. The van der Waals surface area contributed by atoms with Gasteiger partial charge in [0.15, 0.2) is 0 Å². The van der Waals surface area contributed by atoms with E-state index in [9.17, 15) is 0 Å². The smallest absolute Gasteiger partial charge is 0.0866 e. The maximum absolute atomic E-state index is 4.91. The molecular formula is C42H60N2. The number of hydrogen-bond acceptors (Lipinski definition) is 2. The van der Waals surface area contributed by atoms with Crippen LogP contribution in [-0.2, 0) is 25.7 Å². The third kappa shape index (κ3) is 12.2. The molecule has 2 nitrogen and oxygen atoms in total. The van der Waals surface area contributed by atoms with Crippen LogP contribution in [0.25, 0.3) is 17.2 Å². The second kappa shape index (κ2) is 20.9. The second-order valence-electron chi connectivity index (χ2n) is 12.6. The van der Waals surface area contributed by atoms with E-state index in [2.05, 4.69) is 101 Å². The summed E-state index contributed by atoms with van der Waals surface area (Å²) in [6.45, 7) is 11.3. The molecule has 0 N–H and O–H groups in total. The molecule has 0 radical (unpaired) electrons. The van der Waals surface area contributed by atoms with Crippen molar-refractivity contribution in [3.8, 4) is 11.1 Å². The third-order valence-electron chi connectivity index (χ3n) is 8.69. The minimum absolute atomic E-state index is 0.860. The summed E-state index contributed by atoms with van der Waals surface area (Å²) in [6, 6.07) is 22.7. The first-order chi connectivity index (χ1) is 21.6. The number of nitrogens with zero attached hydrogens (tertiary/aromatic N) is 2. The maximum atomic E-state index is 4.91. The van der Waals surface area contributed by atoms with Crippen molar-refractivity contribution in [2.45, 2.75) is 144 Å². The number of aryl methyl sites for hydroxylation is 3. The van der Waals surface area contributed by atoms with Crippen molar-refractivity contribution in [2.24, 2.45) is 10.2 Å². The van der Waals surface area contributed by atoms with Crippen LogP contribution in [0.4, 0.5) is 5.69 Å². The first-order valence-electron chi connectivity index (χ1n) is 18.1. The van der Waals surface area contributed by atoms with Gasteiger partial charge in [0.1, 0.15) is 0 Å². The molecule has 0 aliphatic rings. The zero-order chi connectivity index (χ0) is 31.4. The molecule has 0 aromatic heterocycles. The Bertz CT molecular complexity index is 1280. The van der Waals surface area contributed by atoms with Crippen LogP contribution in [0.2, 0.25) is 0 Å². The SMILES string of the molecule is CCCCCCc1cc(C=C(CC)N=Nc2cc(CCCCCC)c(CCCC)c(-c3ccccc3)c2)cc(CCCC)c1. The molecule has 0 saturated heterocycles. The number of rotatable bonds is 21. The fourth-order valence-corrected chi connectivity index (χ4v) is 6.08.